The number of rotatable bonds is 0. The molecule has 0 unspecified atom stereocenters. The molecular weight excluding hydrogens is 138 g/mol. The van der Waals surface area contributed by atoms with Crippen LogP contribution in [0.2, 0.25) is 0 Å². The lowest BCUT2D eigenvalue weighted by Crippen LogP contribution is -2.15. The average molecular weight is 145 g/mol. The zero-order valence-corrected chi connectivity index (χ0v) is 5.91. The second-order valence-corrected chi connectivity index (χ2v) is 2.38. The summed E-state index contributed by atoms with van der Waals surface area (Å²) in [5.74, 6) is 0. The van der Waals surface area contributed by atoms with Gasteiger partial charge >= 0.3 is 0 Å². The maximum absolute atomic E-state index is 8.65. The molecule has 11 heavy (non-hydrogen) atoms. The van der Waals surface area contributed by atoms with Gasteiger partial charge in [0.2, 0.25) is 0 Å². The maximum atomic E-state index is 8.65. The minimum Gasteiger partial charge on any atom is -0.365 e. The number of hydrogen-bond acceptors (Lipinski definition) is 3. The first-order chi connectivity index (χ1) is 5.42. The van der Waals surface area contributed by atoms with Gasteiger partial charge in [0.25, 0.3) is 0 Å². The highest BCUT2D eigenvalue weighted by Crippen LogP contribution is 2.29. The molecule has 1 aliphatic heterocycles. The second kappa shape index (κ2) is 2.17. The lowest BCUT2D eigenvalue weighted by atomic mass is 10.3. The molecule has 0 aliphatic carbocycles. The summed E-state index contributed by atoms with van der Waals surface area (Å²) in [4.78, 5) is 1.62. The Morgan fingerprint density at radius 3 is 3.09 bits per heavy atom. The van der Waals surface area contributed by atoms with Gasteiger partial charge in [-0.2, -0.15) is 5.26 Å². The molecule has 3 heteroatoms. The zero-order valence-electron chi connectivity index (χ0n) is 5.91. The molecule has 1 N–H and O–H groups in total. The Morgan fingerprint density at radius 1 is 1.45 bits per heavy atom. The summed E-state index contributed by atoms with van der Waals surface area (Å²) in [7, 11) is 0. The van der Waals surface area contributed by atoms with E-state index in [0.717, 1.165) is 11.4 Å². The number of nitrogens with zero attached hydrogens (tertiary/aromatic N) is 2. The predicted octanol–water partition coefficient (Wildman–Crippen LogP) is 1.36. The van der Waals surface area contributed by atoms with Crippen molar-refractivity contribution in [2.45, 2.75) is 0 Å². The van der Waals surface area contributed by atoms with Crippen molar-refractivity contribution < 1.29 is 0 Å². The van der Waals surface area contributed by atoms with Crippen molar-refractivity contribution in [2.75, 3.05) is 16.9 Å². The fourth-order valence-electron chi connectivity index (χ4n) is 1.20. The Kier molecular flexibility index (Phi) is 1.19. The molecular formula is C8H7N3. The predicted molar refractivity (Wildman–Crippen MR) is 43.0 cm³/mol. The molecule has 0 aromatic heterocycles. The Balaban J connectivity index is 2.49. The molecule has 2 rings (SSSR count). The second-order valence-electron chi connectivity index (χ2n) is 2.38. The molecule has 3 nitrogen and oxygen atoms in total. The number of hydrogen-bond donors (Lipinski definition) is 1. The molecule has 1 aromatic rings. The van der Waals surface area contributed by atoms with E-state index in [1.165, 1.54) is 0 Å². The first-order valence-corrected chi connectivity index (χ1v) is 3.42. The normalized spacial score (nSPS) is 13.5. The fourth-order valence-corrected chi connectivity index (χ4v) is 1.20. The number of fused-ring (bicyclic) bond motifs is 1. The average Bonchev–Trinajstić information content (AvgIpc) is 2.47. The van der Waals surface area contributed by atoms with Crippen LogP contribution < -0.4 is 10.2 Å². The van der Waals surface area contributed by atoms with Crippen molar-refractivity contribution in [1.82, 2.24) is 0 Å². The smallest absolute Gasteiger partial charge is 0.186 e. The Morgan fingerprint density at radius 2 is 2.27 bits per heavy atom. The fraction of sp³-hybridized carbons (Fsp3) is 0.125. The van der Waals surface area contributed by atoms with Crippen molar-refractivity contribution in [1.29, 1.82) is 5.26 Å². The summed E-state index contributed by atoms with van der Waals surface area (Å²) in [6, 6.07) is 7.77. The van der Waals surface area contributed by atoms with Crippen LogP contribution in [-0.4, -0.2) is 6.67 Å². The van der Waals surface area contributed by atoms with Crippen molar-refractivity contribution in [3.8, 4) is 6.19 Å². The summed E-state index contributed by atoms with van der Waals surface area (Å²) < 4.78 is 0. The Hall–Kier alpha value is -1.69. The lowest BCUT2D eigenvalue weighted by molar-refractivity contribution is 1.10. The van der Waals surface area contributed by atoms with E-state index in [2.05, 4.69) is 11.5 Å². The van der Waals surface area contributed by atoms with Gasteiger partial charge in [-0.15, -0.1) is 0 Å². The largest absolute Gasteiger partial charge is 0.365 e. The van der Waals surface area contributed by atoms with Crippen LogP contribution in [0.3, 0.4) is 0 Å². The molecule has 1 heterocycles. The third-order valence-corrected chi connectivity index (χ3v) is 1.74. The van der Waals surface area contributed by atoms with E-state index in [9.17, 15) is 0 Å². The highest BCUT2D eigenvalue weighted by atomic mass is 15.3. The molecule has 0 saturated heterocycles. The zero-order chi connectivity index (χ0) is 7.68. The van der Waals surface area contributed by atoms with Gasteiger partial charge in [0.1, 0.15) is 6.67 Å². The quantitative estimate of drug-likeness (QED) is 0.560. The van der Waals surface area contributed by atoms with Crippen LogP contribution in [0, 0.1) is 11.5 Å². The Labute approximate surface area is 64.9 Å². The van der Waals surface area contributed by atoms with Crippen LogP contribution in [0.5, 0.6) is 0 Å². The lowest BCUT2D eigenvalue weighted by Gasteiger charge is -2.03. The number of nitrogens with one attached hydrogen (secondary N) is 1. The van der Waals surface area contributed by atoms with Crippen molar-refractivity contribution in [3.63, 3.8) is 0 Å². The van der Waals surface area contributed by atoms with Gasteiger partial charge in [-0.25, -0.2) is 0 Å². The summed E-state index contributed by atoms with van der Waals surface area (Å²) >= 11 is 0. The van der Waals surface area contributed by atoms with Gasteiger partial charge in [0.05, 0.1) is 11.4 Å². The van der Waals surface area contributed by atoms with Gasteiger partial charge in [-0.1, -0.05) is 12.1 Å². The summed E-state index contributed by atoms with van der Waals surface area (Å²) in [5.41, 5.74) is 2.00. The Bertz CT molecular complexity index is 313. The number of anilines is 2. The number of nitriles is 1. The van der Waals surface area contributed by atoms with E-state index >= 15 is 0 Å². The van der Waals surface area contributed by atoms with E-state index in [0.29, 0.717) is 6.67 Å². The van der Waals surface area contributed by atoms with Crippen LogP contribution in [-0.2, 0) is 0 Å². The van der Waals surface area contributed by atoms with Crippen LogP contribution in [0.25, 0.3) is 0 Å². The molecule has 0 radical (unpaired) electrons. The number of para-hydroxylation sites is 2. The molecule has 1 aliphatic rings. The van der Waals surface area contributed by atoms with Gasteiger partial charge in [-0.05, 0) is 12.1 Å². The summed E-state index contributed by atoms with van der Waals surface area (Å²) in [5, 5.41) is 11.8. The monoisotopic (exact) mass is 145 g/mol. The maximum Gasteiger partial charge on any atom is 0.186 e. The van der Waals surface area contributed by atoms with E-state index < -0.39 is 0 Å². The standard InChI is InChI=1S/C8H7N3/c9-5-11-6-10-7-3-1-2-4-8(7)11/h1-4,10H,6H2. The first kappa shape index (κ1) is 6.05. The molecule has 54 valence electrons. The van der Waals surface area contributed by atoms with Gasteiger partial charge < -0.3 is 5.32 Å². The van der Waals surface area contributed by atoms with Crippen molar-refractivity contribution in [2.24, 2.45) is 0 Å². The molecule has 0 atom stereocenters. The van der Waals surface area contributed by atoms with Gasteiger partial charge in [0, 0.05) is 0 Å². The number of benzene rings is 1. The van der Waals surface area contributed by atoms with Gasteiger partial charge in [-0.3, -0.25) is 4.90 Å². The highest BCUT2D eigenvalue weighted by Gasteiger charge is 2.15. The van der Waals surface area contributed by atoms with E-state index in [4.69, 9.17) is 5.26 Å². The minimum atomic E-state index is 0.593. The minimum absolute atomic E-state index is 0.593. The van der Waals surface area contributed by atoms with Crippen LogP contribution >= 0.6 is 0 Å². The van der Waals surface area contributed by atoms with E-state index in [1.807, 2.05) is 24.3 Å². The molecule has 0 amide bonds. The molecule has 1 aromatic carbocycles. The van der Waals surface area contributed by atoms with E-state index in [1.54, 1.807) is 4.90 Å². The molecule has 0 saturated carbocycles. The highest BCUT2D eigenvalue weighted by molar-refractivity contribution is 5.76. The van der Waals surface area contributed by atoms with Crippen molar-refractivity contribution >= 4 is 11.4 Å². The SMILES string of the molecule is N#CN1CNc2ccccc21. The molecule has 0 bridgehead atoms. The topological polar surface area (TPSA) is 39.1 Å². The van der Waals surface area contributed by atoms with Crippen LogP contribution in [0.1, 0.15) is 0 Å². The third-order valence-electron chi connectivity index (χ3n) is 1.74. The molecule has 0 spiro atoms. The van der Waals surface area contributed by atoms with Gasteiger partial charge in [0.15, 0.2) is 6.19 Å². The van der Waals surface area contributed by atoms with Crippen molar-refractivity contribution in [3.05, 3.63) is 24.3 Å². The third kappa shape index (κ3) is 0.802. The summed E-state index contributed by atoms with van der Waals surface area (Å²) in [6.45, 7) is 0.593. The van der Waals surface area contributed by atoms with Crippen LogP contribution in [0.4, 0.5) is 11.4 Å². The summed E-state index contributed by atoms with van der Waals surface area (Å²) in [6.07, 6.45) is 2.09. The van der Waals surface area contributed by atoms with Crippen LogP contribution in [0.15, 0.2) is 24.3 Å². The molecule has 0 fully saturated rings. The van der Waals surface area contributed by atoms with E-state index in [-0.39, 0.29) is 0 Å². The first-order valence-electron chi connectivity index (χ1n) is 3.42.